The predicted molar refractivity (Wildman–Crippen MR) is 118 cm³/mol. The first-order valence-corrected chi connectivity index (χ1v) is 11.2. The fraction of sp³-hybridized carbons (Fsp3) is 0.250. The van der Waals surface area contributed by atoms with Crippen molar-refractivity contribution in [2.75, 3.05) is 4.31 Å². The maximum atomic E-state index is 13.6. The third-order valence-corrected chi connectivity index (χ3v) is 6.67. The quantitative estimate of drug-likeness (QED) is 0.530. The average Bonchev–Trinajstić information content (AvgIpc) is 2.70. The molecule has 0 unspecified atom stereocenters. The molecule has 3 aromatic rings. The number of benzene rings is 3. The molecule has 1 N–H and O–H groups in total. The van der Waals surface area contributed by atoms with Crippen LogP contribution in [0.15, 0.2) is 77.7 Å². The lowest BCUT2D eigenvalue weighted by Crippen LogP contribution is -2.26. The first-order chi connectivity index (χ1) is 13.7. The van der Waals surface area contributed by atoms with Crippen molar-refractivity contribution >= 4 is 21.4 Å². The number of hydrogen-bond acceptors (Lipinski definition) is 3. The summed E-state index contributed by atoms with van der Waals surface area (Å²) in [5, 5.41) is 10.8. The topological polar surface area (TPSA) is 57.6 Å². The molecule has 0 heterocycles. The van der Waals surface area contributed by atoms with Crippen molar-refractivity contribution in [3.8, 4) is 5.75 Å². The van der Waals surface area contributed by atoms with Gasteiger partial charge < -0.3 is 5.11 Å². The molecule has 0 saturated carbocycles. The number of sulfonamides is 1. The normalized spacial score (nSPS) is 11.8. The molecule has 0 aliphatic carbocycles. The molecule has 0 amide bonds. The summed E-state index contributed by atoms with van der Waals surface area (Å²) < 4.78 is 28.6. The number of aromatic hydroxyl groups is 1. The van der Waals surface area contributed by atoms with Gasteiger partial charge in [0.25, 0.3) is 10.0 Å². The number of nitrogens with zero attached hydrogens (tertiary/aromatic N) is 1. The molecule has 5 heteroatoms. The van der Waals surface area contributed by atoms with Crippen LogP contribution in [0.3, 0.4) is 0 Å². The van der Waals surface area contributed by atoms with Crippen molar-refractivity contribution in [2.45, 2.75) is 44.4 Å². The van der Waals surface area contributed by atoms with Gasteiger partial charge in [0.15, 0.2) is 0 Å². The lowest BCUT2D eigenvalue weighted by molar-refractivity contribution is 0.454. The van der Waals surface area contributed by atoms with Crippen LogP contribution in [0.2, 0.25) is 0 Å². The van der Waals surface area contributed by atoms with Crippen molar-refractivity contribution in [3.05, 3.63) is 83.9 Å². The molecule has 29 heavy (non-hydrogen) atoms. The van der Waals surface area contributed by atoms with E-state index in [2.05, 4.69) is 0 Å². The first-order valence-electron chi connectivity index (χ1n) is 9.75. The van der Waals surface area contributed by atoms with Gasteiger partial charge in [-0.1, -0.05) is 64.1 Å². The predicted octanol–water partition coefficient (Wildman–Crippen LogP) is 6.17. The van der Waals surface area contributed by atoms with E-state index in [1.54, 1.807) is 54.6 Å². The number of para-hydroxylation sites is 1. The van der Waals surface area contributed by atoms with Crippen molar-refractivity contribution < 1.29 is 13.5 Å². The Morgan fingerprint density at radius 3 is 1.62 bits per heavy atom. The molecule has 0 bridgehead atoms. The van der Waals surface area contributed by atoms with Crippen LogP contribution in [-0.4, -0.2) is 13.5 Å². The number of phenols is 1. The maximum absolute atomic E-state index is 13.6. The van der Waals surface area contributed by atoms with Gasteiger partial charge in [-0.25, -0.2) is 12.7 Å². The van der Waals surface area contributed by atoms with Gasteiger partial charge >= 0.3 is 0 Å². The van der Waals surface area contributed by atoms with Crippen LogP contribution in [-0.2, 0) is 10.0 Å². The van der Waals surface area contributed by atoms with Crippen molar-refractivity contribution in [1.82, 2.24) is 0 Å². The third kappa shape index (κ3) is 4.15. The van der Waals surface area contributed by atoms with Gasteiger partial charge in [0.1, 0.15) is 5.75 Å². The highest BCUT2D eigenvalue weighted by Crippen LogP contribution is 2.41. The zero-order valence-electron chi connectivity index (χ0n) is 17.2. The largest absolute Gasteiger partial charge is 0.507 e. The molecule has 3 aromatic carbocycles. The SMILES string of the molecule is CC(C)c1cc(N(c2ccccc2)S(=O)(=O)c2ccccc2)cc(C(C)C)c1O. The molecule has 0 aromatic heterocycles. The van der Waals surface area contributed by atoms with Crippen LogP contribution in [0.25, 0.3) is 0 Å². The summed E-state index contributed by atoms with van der Waals surface area (Å²) in [4.78, 5) is 0.217. The van der Waals surface area contributed by atoms with Crippen molar-refractivity contribution in [2.24, 2.45) is 0 Å². The zero-order chi connectivity index (χ0) is 21.2. The van der Waals surface area contributed by atoms with E-state index >= 15 is 0 Å². The van der Waals surface area contributed by atoms with E-state index in [0.29, 0.717) is 11.4 Å². The number of anilines is 2. The standard InChI is InChI=1S/C24H27NO3S/c1-17(2)22-15-20(16-23(18(3)4)24(22)26)25(19-11-7-5-8-12-19)29(27,28)21-13-9-6-10-14-21/h5-18,26H,1-4H3. The molecule has 152 valence electrons. The second kappa shape index (κ2) is 8.29. The van der Waals surface area contributed by atoms with E-state index in [1.807, 2.05) is 45.9 Å². The Hall–Kier alpha value is -2.79. The second-order valence-electron chi connectivity index (χ2n) is 7.70. The third-order valence-electron chi connectivity index (χ3n) is 4.90. The van der Waals surface area contributed by atoms with Crippen LogP contribution in [0.1, 0.15) is 50.7 Å². The Labute approximate surface area is 173 Å². The monoisotopic (exact) mass is 409 g/mol. The molecule has 0 saturated heterocycles. The summed E-state index contributed by atoms with van der Waals surface area (Å²) in [5.74, 6) is 0.331. The first kappa shape index (κ1) is 20.9. The smallest absolute Gasteiger partial charge is 0.268 e. The van der Waals surface area contributed by atoms with Gasteiger partial charge in [-0.2, -0.15) is 0 Å². The van der Waals surface area contributed by atoms with E-state index in [1.165, 1.54) is 4.31 Å². The van der Waals surface area contributed by atoms with Crippen LogP contribution >= 0.6 is 0 Å². The molecule has 3 rings (SSSR count). The Morgan fingerprint density at radius 2 is 1.17 bits per heavy atom. The number of hydrogen-bond donors (Lipinski definition) is 1. The van der Waals surface area contributed by atoms with E-state index in [-0.39, 0.29) is 22.5 Å². The summed E-state index contributed by atoms with van der Waals surface area (Å²) in [7, 11) is -3.85. The Kier molecular flexibility index (Phi) is 5.99. The fourth-order valence-corrected chi connectivity index (χ4v) is 4.84. The molecule has 0 spiro atoms. The molecule has 0 radical (unpaired) electrons. The van der Waals surface area contributed by atoms with Gasteiger partial charge in [-0.05, 0) is 59.4 Å². The van der Waals surface area contributed by atoms with Gasteiger partial charge in [0.05, 0.1) is 16.3 Å². The van der Waals surface area contributed by atoms with E-state index in [9.17, 15) is 13.5 Å². The Bertz CT molecular complexity index is 1050. The minimum Gasteiger partial charge on any atom is -0.507 e. The molecule has 0 atom stereocenters. The van der Waals surface area contributed by atoms with E-state index in [4.69, 9.17) is 0 Å². The number of rotatable bonds is 6. The minimum absolute atomic E-state index is 0.0458. The summed E-state index contributed by atoms with van der Waals surface area (Å²) in [6.45, 7) is 7.95. The van der Waals surface area contributed by atoms with Crippen molar-refractivity contribution in [3.63, 3.8) is 0 Å². The fourth-order valence-electron chi connectivity index (χ4n) is 3.35. The molecule has 0 aliphatic heterocycles. The van der Waals surface area contributed by atoms with E-state index in [0.717, 1.165) is 11.1 Å². The van der Waals surface area contributed by atoms with E-state index < -0.39 is 10.0 Å². The van der Waals surface area contributed by atoms with Crippen LogP contribution in [0, 0.1) is 0 Å². The Morgan fingerprint density at radius 1 is 0.724 bits per heavy atom. The highest BCUT2D eigenvalue weighted by Gasteiger charge is 2.28. The molecule has 0 fully saturated rings. The lowest BCUT2D eigenvalue weighted by atomic mass is 9.93. The summed E-state index contributed by atoms with van der Waals surface area (Å²) >= 11 is 0. The van der Waals surface area contributed by atoms with Crippen LogP contribution in [0.4, 0.5) is 11.4 Å². The van der Waals surface area contributed by atoms with Gasteiger partial charge in [-0.15, -0.1) is 0 Å². The molecule has 0 aliphatic rings. The highest BCUT2D eigenvalue weighted by molar-refractivity contribution is 7.93. The van der Waals surface area contributed by atoms with Crippen LogP contribution < -0.4 is 4.31 Å². The van der Waals surface area contributed by atoms with Crippen LogP contribution in [0.5, 0.6) is 5.75 Å². The minimum atomic E-state index is -3.85. The maximum Gasteiger partial charge on any atom is 0.268 e. The molecular formula is C24H27NO3S. The van der Waals surface area contributed by atoms with Gasteiger partial charge in [-0.3, -0.25) is 0 Å². The average molecular weight is 410 g/mol. The van der Waals surface area contributed by atoms with Crippen molar-refractivity contribution in [1.29, 1.82) is 0 Å². The van der Waals surface area contributed by atoms with Gasteiger partial charge in [0, 0.05) is 0 Å². The zero-order valence-corrected chi connectivity index (χ0v) is 18.0. The molecular weight excluding hydrogens is 382 g/mol. The summed E-state index contributed by atoms with van der Waals surface area (Å²) in [5.41, 5.74) is 2.53. The Balaban J connectivity index is 2.31. The summed E-state index contributed by atoms with van der Waals surface area (Å²) in [6.07, 6.45) is 0. The highest BCUT2D eigenvalue weighted by atomic mass is 32.2. The lowest BCUT2D eigenvalue weighted by Gasteiger charge is -2.27. The summed E-state index contributed by atoms with van der Waals surface area (Å²) in [6, 6.07) is 21.0. The second-order valence-corrected chi connectivity index (χ2v) is 9.49. The molecule has 4 nitrogen and oxygen atoms in total. The van der Waals surface area contributed by atoms with Gasteiger partial charge in [0.2, 0.25) is 0 Å². The number of phenolic OH excluding ortho intramolecular Hbond substituents is 1.